The monoisotopic (exact) mass is 350 g/mol. The van der Waals surface area contributed by atoms with E-state index in [0.29, 0.717) is 11.4 Å². The van der Waals surface area contributed by atoms with Gasteiger partial charge in [-0.25, -0.2) is 4.79 Å². The van der Waals surface area contributed by atoms with Crippen LogP contribution in [0.15, 0.2) is 18.2 Å². The predicted octanol–water partition coefficient (Wildman–Crippen LogP) is 1.11. The highest BCUT2D eigenvalue weighted by Gasteiger charge is 2.12. The number of hydrogen-bond donors (Lipinski definition) is 3. The number of carbonyl (C=O) groups excluding carboxylic acids is 3. The number of nitrogens with one attached hydrogen (secondary N) is 3. The van der Waals surface area contributed by atoms with Crippen molar-refractivity contribution in [2.45, 2.75) is 26.8 Å². The highest BCUT2D eigenvalue weighted by atomic mass is 16.5. The van der Waals surface area contributed by atoms with Crippen molar-refractivity contribution in [3.05, 3.63) is 23.8 Å². The maximum Gasteiger partial charge on any atom is 0.321 e. The fourth-order valence-electron chi connectivity index (χ4n) is 1.81. The number of nitrogens with zero attached hydrogens (tertiary/aromatic N) is 1. The van der Waals surface area contributed by atoms with Gasteiger partial charge in [0.15, 0.2) is 6.61 Å². The molecule has 0 aromatic heterocycles. The molecule has 0 aliphatic heterocycles. The maximum absolute atomic E-state index is 11.8. The molecule has 0 spiro atoms. The van der Waals surface area contributed by atoms with Gasteiger partial charge in [-0.05, 0) is 38.5 Å². The standard InChI is InChI=1S/C17H26N4O4/c1-11(2)19-17(24)20-15(22)9-18-13-7-6-12(3)8-14(13)25-10-16(23)21(4)5/h6-8,11,18H,9-10H2,1-5H3,(H2,19,20,22,24). The number of anilines is 1. The average Bonchev–Trinajstić information content (AvgIpc) is 2.50. The molecule has 8 nitrogen and oxygen atoms in total. The molecule has 1 rings (SSSR count). The molecule has 1 aromatic carbocycles. The van der Waals surface area contributed by atoms with Crippen molar-refractivity contribution in [2.75, 3.05) is 32.6 Å². The zero-order chi connectivity index (χ0) is 19.0. The Bertz CT molecular complexity index is 629. The number of aryl methyl sites for hydroxylation is 1. The first-order chi connectivity index (χ1) is 11.7. The summed E-state index contributed by atoms with van der Waals surface area (Å²) >= 11 is 0. The largest absolute Gasteiger partial charge is 0.482 e. The SMILES string of the molecule is Cc1ccc(NCC(=O)NC(=O)NC(C)C)c(OCC(=O)N(C)C)c1. The minimum atomic E-state index is -0.543. The van der Waals surface area contributed by atoms with Crippen molar-refractivity contribution >= 4 is 23.5 Å². The Morgan fingerprint density at radius 1 is 1.20 bits per heavy atom. The van der Waals surface area contributed by atoms with Crippen molar-refractivity contribution in [3.8, 4) is 5.75 Å². The molecular weight excluding hydrogens is 324 g/mol. The van der Waals surface area contributed by atoms with Crippen LogP contribution in [-0.2, 0) is 9.59 Å². The number of imide groups is 1. The van der Waals surface area contributed by atoms with Gasteiger partial charge in [0, 0.05) is 20.1 Å². The highest BCUT2D eigenvalue weighted by molar-refractivity contribution is 5.96. The number of ether oxygens (including phenoxy) is 1. The van der Waals surface area contributed by atoms with Crippen LogP contribution < -0.4 is 20.7 Å². The van der Waals surface area contributed by atoms with E-state index in [1.807, 2.05) is 13.0 Å². The number of hydrogen-bond acceptors (Lipinski definition) is 5. The number of likely N-dealkylation sites (N-methyl/N-ethyl adjacent to an activating group) is 1. The van der Waals surface area contributed by atoms with Crippen LogP contribution in [0.4, 0.5) is 10.5 Å². The lowest BCUT2D eigenvalue weighted by atomic mass is 10.2. The minimum Gasteiger partial charge on any atom is -0.482 e. The molecule has 0 bridgehead atoms. The molecule has 0 heterocycles. The molecule has 8 heteroatoms. The fraction of sp³-hybridized carbons (Fsp3) is 0.471. The number of amides is 4. The van der Waals surface area contributed by atoms with Crippen molar-refractivity contribution in [2.24, 2.45) is 0 Å². The molecule has 3 N–H and O–H groups in total. The van der Waals surface area contributed by atoms with Gasteiger partial charge in [0.1, 0.15) is 5.75 Å². The van der Waals surface area contributed by atoms with Crippen molar-refractivity contribution in [1.82, 2.24) is 15.5 Å². The second kappa shape index (κ2) is 9.51. The normalized spacial score (nSPS) is 10.2. The first-order valence-electron chi connectivity index (χ1n) is 7.97. The van der Waals surface area contributed by atoms with Gasteiger partial charge in [-0.1, -0.05) is 6.07 Å². The molecule has 0 saturated heterocycles. The van der Waals surface area contributed by atoms with Gasteiger partial charge in [0.05, 0.1) is 12.2 Å². The molecule has 138 valence electrons. The van der Waals surface area contributed by atoms with E-state index >= 15 is 0 Å². The number of carbonyl (C=O) groups is 3. The summed E-state index contributed by atoms with van der Waals surface area (Å²) in [5.41, 5.74) is 1.52. The molecule has 0 aliphatic rings. The number of urea groups is 1. The van der Waals surface area contributed by atoms with E-state index < -0.39 is 11.9 Å². The Morgan fingerprint density at radius 3 is 2.48 bits per heavy atom. The van der Waals surface area contributed by atoms with Crippen LogP contribution >= 0.6 is 0 Å². The minimum absolute atomic E-state index is 0.0629. The zero-order valence-corrected chi connectivity index (χ0v) is 15.3. The first-order valence-corrected chi connectivity index (χ1v) is 7.97. The second-order valence-corrected chi connectivity index (χ2v) is 6.11. The van der Waals surface area contributed by atoms with Crippen LogP contribution in [0.5, 0.6) is 5.75 Å². The summed E-state index contributed by atoms with van der Waals surface area (Å²) in [7, 11) is 3.29. The fourth-order valence-corrected chi connectivity index (χ4v) is 1.81. The zero-order valence-electron chi connectivity index (χ0n) is 15.3. The molecule has 25 heavy (non-hydrogen) atoms. The third-order valence-corrected chi connectivity index (χ3v) is 3.10. The van der Waals surface area contributed by atoms with Gasteiger partial charge >= 0.3 is 6.03 Å². The topological polar surface area (TPSA) is 99.8 Å². The molecule has 0 aliphatic carbocycles. The lowest BCUT2D eigenvalue weighted by Crippen LogP contribution is -2.44. The quantitative estimate of drug-likeness (QED) is 0.684. The summed E-state index contributed by atoms with van der Waals surface area (Å²) in [6.07, 6.45) is 0. The summed E-state index contributed by atoms with van der Waals surface area (Å²) in [6, 6.07) is 4.78. The smallest absolute Gasteiger partial charge is 0.321 e. The number of rotatable bonds is 7. The first kappa shape index (κ1) is 20.3. The Kier molecular flexibility index (Phi) is 7.71. The summed E-state index contributed by atoms with van der Waals surface area (Å²) in [5, 5.41) is 7.70. The molecule has 0 unspecified atom stereocenters. The van der Waals surface area contributed by atoms with Crippen molar-refractivity contribution in [3.63, 3.8) is 0 Å². The Hall–Kier alpha value is -2.77. The third-order valence-electron chi connectivity index (χ3n) is 3.10. The van der Waals surface area contributed by atoms with Crippen LogP contribution in [0.2, 0.25) is 0 Å². The molecule has 4 amide bonds. The van der Waals surface area contributed by atoms with Crippen molar-refractivity contribution < 1.29 is 19.1 Å². The summed E-state index contributed by atoms with van der Waals surface area (Å²) in [4.78, 5) is 36.4. The molecule has 0 radical (unpaired) electrons. The van der Waals surface area contributed by atoms with Crippen molar-refractivity contribution in [1.29, 1.82) is 0 Å². The van der Waals surface area contributed by atoms with Crippen LogP contribution in [0.1, 0.15) is 19.4 Å². The number of benzene rings is 1. The third kappa shape index (κ3) is 7.56. The lowest BCUT2D eigenvalue weighted by molar-refractivity contribution is -0.130. The molecule has 1 aromatic rings. The summed E-state index contributed by atoms with van der Waals surface area (Å²) in [5.74, 6) is -0.181. The second-order valence-electron chi connectivity index (χ2n) is 6.11. The van der Waals surface area contributed by atoms with E-state index in [1.54, 1.807) is 40.1 Å². The molecule has 0 fully saturated rings. The van der Waals surface area contributed by atoms with Gasteiger partial charge in [-0.3, -0.25) is 14.9 Å². The average molecular weight is 350 g/mol. The van der Waals surface area contributed by atoms with Gasteiger partial charge in [0.2, 0.25) is 5.91 Å². The van der Waals surface area contributed by atoms with E-state index in [-0.39, 0.29) is 25.1 Å². The Balaban J connectivity index is 2.64. The van der Waals surface area contributed by atoms with Gasteiger partial charge in [0.25, 0.3) is 5.91 Å². The molecule has 0 atom stereocenters. The van der Waals surface area contributed by atoms with Crippen LogP contribution in [0, 0.1) is 6.92 Å². The Labute approximate surface area is 147 Å². The molecular formula is C17H26N4O4. The molecule has 0 saturated carbocycles. The van der Waals surface area contributed by atoms with E-state index in [4.69, 9.17) is 4.74 Å². The highest BCUT2D eigenvalue weighted by Crippen LogP contribution is 2.25. The summed E-state index contributed by atoms with van der Waals surface area (Å²) in [6.45, 7) is 5.29. The van der Waals surface area contributed by atoms with E-state index in [0.717, 1.165) is 5.56 Å². The van der Waals surface area contributed by atoms with E-state index in [2.05, 4.69) is 16.0 Å². The van der Waals surface area contributed by atoms with Crippen LogP contribution in [-0.4, -0.2) is 56.0 Å². The van der Waals surface area contributed by atoms with E-state index in [1.165, 1.54) is 4.90 Å². The Morgan fingerprint density at radius 2 is 1.88 bits per heavy atom. The van der Waals surface area contributed by atoms with Gasteiger partial charge in [-0.2, -0.15) is 0 Å². The van der Waals surface area contributed by atoms with Gasteiger partial charge < -0.3 is 20.3 Å². The lowest BCUT2D eigenvalue weighted by Gasteiger charge is -2.16. The van der Waals surface area contributed by atoms with E-state index in [9.17, 15) is 14.4 Å². The maximum atomic E-state index is 11.8. The van der Waals surface area contributed by atoms with Gasteiger partial charge in [-0.15, -0.1) is 0 Å². The summed E-state index contributed by atoms with van der Waals surface area (Å²) < 4.78 is 5.54. The van der Waals surface area contributed by atoms with Crippen LogP contribution in [0.25, 0.3) is 0 Å². The van der Waals surface area contributed by atoms with Crippen LogP contribution in [0.3, 0.4) is 0 Å². The predicted molar refractivity (Wildman–Crippen MR) is 95.7 cm³/mol.